The fourth-order valence-electron chi connectivity index (χ4n) is 5.29. The average molecular weight is 390 g/mol. The lowest BCUT2D eigenvalue weighted by Crippen LogP contribution is -2.74. The van der Waals surface area contributed by atoms with E-state index in [1.165, 1.54) is 29.0 Å². The molecule has 0 radical (unpaired) electrons. The predicted octanol–water partition coefficient (Wildman–Crippen LogP) is 1.76. The monoisotopic (exact) mass is 390 g/mol. The first-order valence-electron chi connectivity index (χ1n) is 9.28. The zero-order valence-corrected chi connectivity index (χ0v) is 15.6. The number of hydrogen-bond acceptors (Lipinski definition) is 4. The summed E-state index contributed by atoms with van der Waals surface area (Å²) in [7, 11) is 3.02. The molecule has 1 amide bonds. The zero-order chi connectivity index (χ0) is 19.8. The van der Waals surface area contributed by atoms with Crippen LogP contribution in [-0.2, 0) is 21.6 Å². The Kier molecular flexibility index (Phi) is 3.44. The SMILES string of the molecule is CON(C)C(=O)C12CC(n3nc4n(c3=O)[C@H](c3cc(F)cc(F)c3)CC4)(C1)C2. The number of aryl methyl sites for hydroxylation is 1. The highest BCUT2D eigenvalue weighted by atomic mass is 19.1. The van der Waals surface area contributed by atoms with Gasteiger partial charge in [-0.15, -0.1) is 0 Å². The second-order valence-corrected chi connectivity index (χ2v) is 8.26. The molecule has 2 bridgehead atoms. The first-order chi connectivity index (χ1) is 13.3. The number of aromatic nitrogens is 3. The number of carbonyl (C=O) groups is 1. The van der Waals surface area contributed by atoms with Crippen LogP contribution >= 0.6 is 0 Å². The van der Waals surface area contributed by atoms with Gasteiger partial charge in [0.05, 0.1) is 24.1 Å². The van der Waals surface area contributed by atoms with Crippen molar-refractivity contribution in [1.29, 1.82) is 0 Å². The van der Waals surface area contributed by atoms with E-state index in [0.29, 0.717) is 43.5 Å². The number of halogens is 2. The van der Waals surface area contributed by atoms with E-state index in [-0.39, 0.29) is 11.6 Å². The van der Waals surface area contributed by atoms with E-state index < -0.39 is 28.6 Å². The van der Waals surface area contributed by atoms with Gasteiger partial charge in [0.15, 0.2) is 0 Å². The third-order valence-electron chi connectivity index (χ3n) is 6.57. The molecule has 148 valence electrons. The van der Waals surface area contributed by atoms with E-state index >= 15 is 0 Å². The van der Waals surface area contributed by atoms with Crippen LogP contribution in [0.5, 0.6) is 0 Å². The van der Waals surface area contributed by atoms with Crippen molar-refractivity contribution in [3.8, 4) is 0 Å². The van der Waals surface area contributed by atoms with Crippen molar-refractivity contribution in [2.75, 3.05) is 14.2 Å². The summed E-state index contributed by atoms with van der Waals surface area (Å²) in [5.74, 6) is -0.777. The Morgan fingerprint density at radius 3 is 2.50 bits per heavy atom. The Labute approximate surface area is 159 Å². The maximum atomic E-state index is 13.6. The maximum absolute atomic E-state index is 13.6. The summed E-state index contributed by atoms with van der Waals surface area (Å²) in [6.45, 7) is 0. The lowest BCUT2D eigenvalue weighted by atomic mass is 9.39. The Balaban J connectivity index is 1.44. The standard InChI is InChI=1S/C19H20F2N4O3/c1-23(28-2)16(26)18-8-19(9-18,10-18)25-17(27)24-14(3-4-15(24)22-25)11-5-12(20)7-13(21)6-11/h5-7,14H,3-4,8-10H2,1-2H3/t14-,18?,19?/m0/s1. The molecular weight excluding hydrogens is 370 g/mol. The number of hydroxylamine groups is 2. The molecule has 6 rings (SSSR count). The molecule has 3 fully saturated rings. The van der Waals surface area contributed by atoms with Crippen LogP contribution in [0.15, 0.2) is 23.0 Å². The normalized spacial score (nSPS) is 29.8. The van der Waals surface area contributed by atoms with Gasteiger partial charge in [-0.2, -0.15) is 5.10 Å². The third kappa shape index (κ3) is 2.13. The second kappa shape index (κ2) is 5.50. The molecule has 0 unspecified atom stereocenters. The average Bonchev–Trinajstić information content (AvgIpc) is 3.12. The van der Waals surface area contributed by atoms with Crippen molar-refractivity contribution < 1.29 is 18.4 Å². The van der Waals surface area contributed by atoms with E-state index in [4.69, 9.17) is 4.84 Å². The molecule has 2 aromatic rings. The minimum absolute atomic E-state index is 0.0789. The molecule has 1 aromatic heterocycles. The summed E-state index contributed by atoms with van der Waals surface area (Å²) in [5.41, 5.74) is -0.744. The van der Waals surface area contributed by atoms with E-state index in [2.05, 4.69) is 5.10 Å². The maximum Gasteiger partial charge on any atom is 0.347 e. The Hall–Kier alpha value is -2.55. The van der Waals surface area contributed by atoms with Gasteiger partial charge in [0.2, 0.25) is 0 Å². The number of fused-ring (bicyclic) bond motifs is 1. The summed E-state index contributed by atoms with van der Waals surface area (Å²) in [6.07, 6.45) is 2.82. The van der Waals surface area contributed by atoms with Crippen LogP contribution in [0.25, 0.3) is 0 Å². The van der Waals surface area contributed by atoms with Gasteiger partial charge in [-0.3, -0.25) is 14.2 Å². The van der Waals surface area contributed by atoms with E-state index in [9.17, 15) is 18.4 Å². The number of carbonyl (C=O) groups excluding carboxylic acids is 1. The van der Waals surface area contributed by atoms with Gasteiger partial charge >= 0.3 is 5.69 Å². The van der Waals surface area contributed by atoms with Crippen LogP contribution in [-0.4, -0.2) is 39.5 Å². The molecule has 1 atom stereocenters. The predicted molar refractivity (Wildman–Crippen MR) is 93.3 cm³/mol. The highest BCUT2D eigenvalue weighted by Crippen LogP contribution is 2.71. The van der Waals surface area contributed by atoms with Crippen LogP contribution in [0.3, 0.4) is 0 Å². The van der Waals surface area contributed by atoms with E-state index in [1.54, 1.807) is 11.6 Å². The van der Waals surface area contributed by atoms with Gasteiger partial charge in [-0.25, -0.2) is 23.3 Å². The molecule has 0 saturated heterocycles. The molecule has 9 heteroatoms. The summed E-state index contributed by atoms with van der Waals surface area (Å²) in [5, 5.41) is 5.75. The van der Waals surface area contributed by atoms with Crippen molar-refractivity contribution in [1.82, 2.24) is 19.4 Å². The van der Waals surface area contributed by atoms with E-state index in [0.717, 1.165) is 6.07 Å². The lowest BCUT2D eigenvalue weighted by molar-refractivity contribution is -0.235. The minimum atomic E-state index is -0.661. The molecule has 7 nitrogen and oxygen atoms in total. The van der Waals surface area contributed by atoms with Gasteiger partial charge in [0, 0.05) is 19.5 Å². The quantitative estimate of drug-likeness (QED) is 0.746. The molecular formula is C19H20F2N4O3. The molecule has 3 saturated carbocycles. The number of amides is 1. The largest absolute Gasteiger partial charge is 0.347 e. The molecule has 1 aromatic carbocycles. The molecule has 3 aliphatic carbocycles. The van der Waals surface area contributed by atoms with Crippen LogP contribution in [0.4, 0.5) is 8.78 Å². The molecule has 0 spiro atoms. The first-order valence-corrected chi connectivity index (χ1v) is 9.28. The number of nitrogens with zero attached hydrogens (tertiary/aromatic N) is 4. The van der Waals surface area contributed by atoms with Crippen molar-refractivity contribution in [3.05, 3.63) is 51.7 Å². The fourth-order valence-corrected chi connectivity index (χ4v) is 5.29. The number of benzene rings is 1. The van der Waals surface area contributed by atoms with Gasteiger partial charge < -0.3 is 0 Å². The second-order valence-electron chi connectivity index (χ2n) is 8.26. The summed E-state index contributed by atoms with van der Waals surface area (Å²) in [4.78, 5) is 30.5. The molecule has 4 aliphatic rings. The van der Waals surface area contributed by atoms with Gasteiger partial charge in [0.1, 0.15) is 17.5 Å². The van der Waals surface area contributed by atoms with Crippen LogP contribution < -0.4 is 5.69 Å². The summed E-state index contributed by atoms with van der Waals surface area (Å²) < 4.78 is 30.3. The van der Waals surface area contributed by atoms with Crippen LogP contribution in [0, 0.1) is 17.0 Å². The topological polar surface area (TPSA) is 69.4 Å². The highest BCUT2D eigenvalue weighted by molar-refractivity contribution is 5.85. The zero-order valence-electron chi connectivity index (χ0n) is 15.6. The molecule has 1 aliphatic heterocycles. The van der Waals surface area contributed by atoms with Crippen LogP contribution in [0.1, 0.15) is 43.1 Å². The summed E-state index contributed by atoms with van der Waals surface area (Å²) in [6, 6.07) is 2.92. The Bertz CT molecular complexity index is 1020. The minimum Gasteiger partial charge on any atom is -0.275 e. The van der Waals surface area contributed by atoms with E-state index in [1.807, 2.05) is 0 Å². The Morgan fingerprint density at radius 1 is 1.25 bits per heavy atom. The van der Waals surface area contributed by atoms with Crippen molar-refractivity contribution >= 4 is 5.91 Å². The van der Waals surface area contributed by atoms with Crippen molar-refractivity contribution in [2.45, 2.75) is 43.7 Å². The molecule has 2 heterocycles. The van der Waals surface area contributed by atoms with Crippen molar-refractivity contribution in [3.63, 3.8) is 0 Å². The van der Waals surface area contributed by atoms with Crippen molar-refractivity contribution in [2.24, 2.45) is 5.41 Å². The summed E-state index contributed by atoms with van der Waals surface area (Å²) >= 11 is 0. The smallest absolute Gasteiger partial charge is 0.275 e. The Morgan fingerprint density at radius 2 is 1.89 bits per heavy atom. The highest BCUT2D eigenvalue weighted by Gasteiger charge is 2.74. The molecule has 28 heavy (non-hydrogen) atoms. The fraction of sp³-hybridized carbons (Fsp3) is 0.526. The molecule has 0 N–H and O–H groups in total. The van der Waals surface area contributed by atoms with Gasteiger partial charge in [0.25, 0.3) is 5.91 Å². The third-order valence-corrected chi connectivity index (χ3v) is 6.57. The lowest BCUT2D eigenvalue weighted by Gasteiger charge is -2.68. The number of hydrogen-bond donors (Lipinski definition) is 0. The van der Waals surface area contributed by atoms with Gasteiger partial charge in [-0.1, -0.05) is 0 Å². The first kappa shape index (κ1) is 17.5. The number of rotatable bonds is 4. The van der Waals surface area contributed by atoms with Gasteiger partial charge in [-0.05, 0) is 43.4 Å². The van der Waals surface area contributed by atoms with Crippen LogP contribution in [0.2, 0.25) is 0 Å².